The molecule has 0 radical (unpaired) electrons. The minimum Gasteiger partial charge on any atom is -0.481 e. The van der Waals surface area contributed by atoms with Crippen LogP contribution in [0.25, 0.3) is 0 Å². The normalized spacial score (nSPS) is 11.5. The molecule has 0 fully saturated rings. The summed E-state index contributed by atoms with van der Waals surface area (Å²) in [5, 5.41) is 15.0. The zero-order chi connectivity index (χ0) is 21.9. The second-order valence-electron chi connectivity index (χ2n) is 6.32. The van der Waals surface area contributed by atoms with Crippen LogP contribution in [0.4, 0.5) is 5.69 Å². The van der Waals surface area contributed by atoms with Gasteiger partial charge in [0.1, 0.15) is 6.54 Å². The van der Waals surface area contributed by atoms with Gasteiger partial charge < -0.3 is 10.4 Å². The molecule has 156 valence electrons. The lowest BCUT2D eigenvalue weighted by Crippen LogP contribution is -2.32. The van der Waals surface area contributed by atoms with Crippen molar-refractivity contribution in [2.24, 2.45) is 0 Å². The molecule has 0 saturated carbocycles. The van der Waals surface area contributed by atoms with E-state index in [2.05, 4.69) is 10.4 Å². The first-order chi connectivity index (χ1) is 13.4. The molecule has 29 heavy (non-hydrogen) atoms. The number of rotatable bonds is 7. The number of carboxylic acids is 1. The van der Waals surface area contributed by atoms with E-state index < -0.39 is 40.4 Å². The highest BCUT2D eigenvalue weighted by molar-refractivity contribution is 7.89. The quantitative estimate of drug-likeness (QED) is 0.644. The average molecular weight is 443 g/mol. The summed E-state index contributed by atoms with van der Waals surface area (Å²) >= 11 is 5.81. The molecule has 0 aliphatic carbocycles. The van der Waals surface area contributed by atoms with Gasteiger partial charge in [0, 0.05) is 19.8 Å². The molecular weight excluding hydrogens is 424 g/mol. The van der Waals surface area contributed by atoms with Crippen molar-refractivity contribution >= 4 is 39.2 Å². The van der Waals surface area contributed by atoms with E-state index in [4.69, 9.17) is 16.7 Å². The van der Waals surface area contributed by atoms with Crippen LogP contribution in [-0.2, 0) is 32.6 Å². The predicted molar refractivity (Wildman–Crippen MR) is 106 cm³/mol. The van der Waals surface area contributed by atoms with E-state index >= 15 is 0 Å². The van der Waals surface area contributed by atoms with Crippen LogP contribution in [0.1, 0.15) is 11.1 Å². The maximum atomic E-state index is 12.4. The van der Waals surface area contributed by atoms with Crippen molar-refractivity contribution in [3.8, 4) is 0 Å². The van der Waals surface area contributed by atoms with Gasteiger partial charge in [0.25, 0.3) is 5.56 Å². The Balaban J connectivity index is 2.27. The Hall–Kier alpha value is -2.76. The first kappa shape index (κ1) is 22.5. The minimum atomic E-state index is -3.71. The number of nitrogens with zero attached hydrogens (tertiary/aromatic N) is 3. The molecule has 1 aromatic heterocycles. The van der Waals surface area contributed by atoms with Crippen LogP contribution in [0.5, 0.6) is 0 Å². The lowest BCUT2D eigenvalue weighted by molar-refractivity contribution is -0.136. The number of carbonyl (C=O) groups is 2. The number of sulfonamides is 1. The number of aromatic nitrogens is 2. The minimum absolute atomic E-state index is 0.0332. The standard InChI is InChI=1S/C17H19ClN4O6S/c1-10-4-5-11(6-14(10)29(27,28)21(2)3)20-15(23)9-22-17(26)12(7-16(24)25)13(18)8-19-22/h4-6,8H,7,9H2,1-3H3,(H,20,23)(H,24,25). The van der Waals surface area contributed by atoms with E-state index in [0.717, 1.165) is 15.2 Å². The summed E-state index contributed by atoms with van der Waals surface area (Å²) in [5.74, 6) is -1.90. The lowest BCUT2D eigenvalue weighted by atomic mass is 10.2. The molecule has 12 heteroatoms. The SMILES string of the molecule is Cc1ccc(NC(=O)Cn2ncc(Cl)c(CC(=O)O)c2=O)cc1S(=O)(=O)N(C)C. The number of hydrogen-bond donors (Lipinski definition) is 2. The van der Waals surface area contributed by atoms with Gasteiger partial charge in [-0.2, -0.15) is 5.10 Å². The van der Waals surface area contributed by atoms with Crippen LogP contribution in [0, 0.1) is 6.92 Å². The van der Waals surface area contributed by atoms with E-state index in [1.807, 2.05) is 0 Å². The van der Waals surface area contributed by atoms with Crippen molar-refractivity contribution in [1.82, 2.24) is 14.1 Å². The summed E-state index contributed by atoms with van der Waals surface area (Å²) in [5.41, 5.74) is -0.258. The molecular formula is C17H19ClN4O6S. The van der Waals surface area contributed by atoms with Gasteiger partial charge in [-0.05, 0) is 24.6 Å². The predicted octanol–water partition coefficient (Wildman–Crippen LogP) is 0.721. The highest BCUT2D eigenvalue weighted by Gasteiger charge is 2.21. The van der Waals surface area contributed by atoms with Crippen LogP contribution >= 0.6 is 11.6 Å². The molecule has 0 aliphatic heterocycles. The van der Waals surface area contributed by atoms with Crippen molar-refractivity contribution in [1.29, 1.82) is 0 Å². The number of nitrogens with one attached hydrogen (secondary N) is 1. The molecule has 0 unspecified atom stereocenters. The largest absolute Gasteiger partial charge is 0.481 e. The van der Waals surface area contributed by atoms with E-state index in [1.54, 1.807) is 13.0 Å². The van der Waals surface area contributed by atoms with Crippen LogP contribution in [0.3, 0.4) is 0 Å². The van der Waals surface area contributed by atoms with Crippen molar-refractivity contribution < 1.29 is 23.1 Å². The summed E-state index contributed by atoms with van der Waals surface area (Å²) < 4.78 is 26.6. The molecule has 1 amide bonds. The number of amides is 1. The average Bonchev–Trinajstić information content (AvgIpc) is 2.62. The highest BCUT2D eigenvalue weighted by atomic mass is 35.5. The Morgan fingerprint density at radius 2 is 1.97 bits per heavy atom. The Bertz CT molecular complexity index is 1130. The van der Waals surface area contributed by atoms with Crippen molar-refractivity contribution in [2.75, 3.05) is 19.4 Å². The number of carbonyl (C=O) groups excluding carboxylic acids is 1. The van der Waals surface area contributed by atoms with Gasteiger partial charge in [-0.15, -0.1) is 0 Å². The number of benzene rings is 1. The molecule has 0 saturated heterocycles. The van der Waals surface area contributed by atoms with E-state index in [9.17, 15) is 22.8 Å². The first-order valence-corrected chi connectivity index (χ1v) is 10.0. The fraction of sp³-hybridized carbons (Fsp3) is 0.294. The number of carboxylic acid groups (broad SMARTS) is 1. The van der Waals surface area contributed by atoms with Crippen LogP contribution in [0.15, 0.2) is 34.1 Å². The number of halogens is 1. The molecule has 2 aromatic rings. The Morgan fingerprint density at radius 3 is 2.55 bits per heavy atom. The maximum absolute atomic E-state index is 12.4. The van der Waals surface area contributed by atoms with Gasteiger partial charge in [-0.3, -0.25) is 14.4 Å². The topological polar surface area (TPSA) is 139 Å². The van der Waals surface area contributed by atoms with E-state index in [-0.39, 0.29) is 21.2 Å². The summed E-state index contributed by atoms with van der Waals surface area (Å²) in [4.78, 5) is 35.5. The molecule has 2 rings (SSSR count). The Kier molecular flexibility index (Phi) is 6.77. The van der Waals surface area contributed by atoms with E-state index in [0.29, 0.717) is 5.56 Å². The third-order valence-corrected chi connectivity index (χ3v) is 6.23. The first-order valence-electron chi connectivity index (χ1n) is 8.22. The Labute approximate surface area is 171 Å². The number of anilines is 1. The second kappa shape index (κ2) is 8.72. The molecule has 1 aromatic carbocycles. The monoisotopic (exact) mass is 442 g/mol. The van der Waals surface area contributed by atoms with Gasteiger partial charge in [0.05, 0.1) is 28.1 Å². The van der Waals surface area contributed by atoms with Crippen LogP contribution in [0.2, 0.25) is 5.02 Å². The molecule has 10 nitrogen and oxygen atoms in total. The van der Waals surface area contributed by atoms with Crippen LogP contribution < -0.4 is 10.9 Å². The smallest absolute Gasteiger partial charge is 0.308 e. The second-order valence-corrected chi connectivity index (χ2v) is 8.85. The third kappa shape index (κ3) is 5.19. The number of aryl methyl sites for hydroxylation is 1. The molecule has 0 spiro atoms. The molecule has 2 N–H and O–H groups in total. The summed E-state index contributed by atoms with van der Waals surface area (Å²) in [7, 11) is -0.917. The molecule has 1 heterocycles. The Morgan fingerprint density at radius 1 is 1.31 bits per heavy atom. The zero-order valence-corrected chi connectivity index (χ0v) is 17.4. The molecule has 0 atom stereocenters. The number of aliphatic carboxylic acids is 1. The molecule has 0 aliphatic rings. The highest BCUT2D eigenvalue weighted by Crippen LogP contribution is 2.22. The van der Waals surface area contributed by atoms with Crippen molar-refractivity contribution in [3.05, 3.63) is 50.9 Å². The van der Waals surface area contributed by atoms with Gasteiger partial charge in [-0.1, -0.05) is 17.7 Å². The number of hydrogen-bond acceptors (Lipinski definition) is 6. The third-order valence-electron chi connectivity index (χ3n) is 3.94. The summed E-state index contributed by atoms with van der Waals surface area (Å²) in [6, 6.07) is 4.38. The maximum Gasteiger partial charge on any atom is 0.308 e. The fourth-order valence-electron chi connectivity index (χ4n) is 2.42. The zero-order valence-electron chi connectivity index (χ0n) is 15.8. The summed E-state index contributed by atoms with van der Waals surface area (Å²) in [6.45, 7) is 1.12. The van der Waals surface area contributed by atoms with Crippen molar-refractivity contribution in [3.63, 3.8) is 0 Å². The molecule has 0 bridgehead atoms. The van der Waals surface area contributed by atoms with E-state index in [1.165, 1.54) is 26.2 Å². The lowest BCUT2D eigenvalue weighted by Gasteiger charge is -2.15. The fourth-order valence-corrected chi connectivity index (χ4v) is 3.76. The van der Waals surface area contributed by atoms with Gasteiger partial charge in [0.15, 0.2) is 0 Å². The van der Waals surface area contributed by atoms with Gasteiger partial charge in [0.2, 0.25) is 15.9 Å². The van der Waals surface area contributed by atoms with Gasteiger partial charge >= 0.3 is 5.97 Å². The summed E-state index contributed by atoms with van der Waals surface area (Å²) in [6.07, 6.45) is 0.480. The van der Waals surface area contributed by atoms with Crippen LogP contribution in [-0.4, -0.2) is 53.6 Å². The van der Waals surface area contributed by atoms with Gasteiger partial charge in [-0.25, -0.2) is 17.4 Å². The van der Waals surface area contributed by atoms with Crippen molar-refractivity contribution in [2.45, 2.75) is 24.8 Å².